The van der Waals surface area contributed by atoms with Crippen LogP contribution >= 0.6 is 0 Å². The van der Waals surface area contributed by atoms with Crippen LogP contribution in [0.15, 0.2) is 36.8 Å². The van der Waals surface area contributed by atoms with Crippen LogP contribution in [0.5, 0.6) is 0 Å². The van der Waals surface area contributed by atoms with E-state index in [2.05, 4.69) is 20.6 Å². The molecule has 0 atom stereocenters. The number of pyridine rings is 1. The first-order chi connectivity index (χ1) is 6.86. The quantitative estimate of drug-likeness (QED) is 0.724. The third kappa shape index (κ3) is 1.74. The normalized spacial score (nSPS) is 9.71. The molecule has 1 N–H and O–H groups in total. The van der Waals surface area contributed by atoms with Gasteiger partial charge in [-0.15, -0.1) is 10.2 Å². The van der Waals surface area contributed by atoms with Gasteiger partial charge in [-0.1, -0.05) is 11.0 Å². The Balaban J connectivity index is 2.11. The number of carbonyl (C=O) groups is 1. The molecule has 2 aromatic rings. The summed E-state index contributed by atoms with van der Waals surface area (Å²) in [5.41, 5.74) is 2.76. The molecule has 0 aromatic carbocycles. The fraction of sp³-hybridized carbons (Fsp3) is 0. The van der Waals surface area contributed by atoms with Crippen molar-refractivity contribution in [1.29, 1.82) is 0 Å². The zero-order valence-corrected chi connectivity index (χ0v) is 7.16. The molecule has 2 heterocycles. The molecule has 0 spiro atoms. The lowest BCUT2D eigenvalue weighted by Gasteiger charge is -2.00. The van der Waals surface area contributed by atoms with Crippen LogP contribution in [-0.2, 0) is 0 Å². The van der Waals surface area contributed by atoms with E-state index in [-0.39, 0.29) is 5.91 Å². The monoisotopic (exact) mass is 189 g/mol. The number of rotatable bonds is 2. The summed E-state index contributed by atoms with van der Waals surface area (Å²) in [6.07, 6.45) is 4.49. The highest BCUT2D eigenvalue weighted by molar-refractivity contribution is 5.97. The number of amides is 1. The zero-order valence-electron chi connectivity index (χ0n) is 7.16. The van der Waals surface area contributed by atoms with E-state index in [0.29, 0.717) is 5.69 Å². The van der Waals surface area contributed by atoms with E-state index in [1.165, 1.54) is 12.4 Å². The lowest BCUT2D eigenvalue weighted by molar-refractivity contribution is 0.0997. The first-order valence-corrected chi connectivity index (χ1v) is 3.95. The molecule has 0 fully saturated rings. The van der Waals surface area contributed by atoms with Gasteiger partial charge in [-0.25, -0.2) is 5.43 Å². The Morgan fingerprint density at radius 1 is 1.21 bits per heavy atom. The summed E-state index contributed by atoms with van der Waals surface area (Å²) in [5.74, 6) is -0.346. The summed E-state index contributed by atoms with van der Waals surface area (Å²) < 4.78 is 0. The van der Waals surface area contributed by atoms with Gasteiger partial charge in [0.25, 0.3) is 5.91 Å². The van der Waals surface area contributed by atoms with Crippen LogP contribution in [0.2, 0.25) is 0 Å². The maximum Gasteiger partial charge on any atom is 0.291 e. The minimum atomic E-state index is -0.346. The van der Waals surface area contributed by atoms with Gasteiger partial charge in [0.15, 0.2) is 0 Å². The number of aromatic nitrogens is 4. The van der Waals surface area contributed by atoms with Crippen molar-refractivity contribution in [2.24, 2.45) is 0 Å². The van der Waals surface area contributed by atoms with Crippen LogP contribution in [0.4, 0.5) is 0 Å². The fourth-order valence-electron chi connectivity index (χ4n) is 0.919. The first kappa shape index (κ1) is 8.36. The van der Waals surface area contributed by atoms with Crippen molar-refractivity contribution in [1.82, 2.24) is 20.1 Å². The minimum absolute atomic E-state index is 0.324. The third-order valence-electron chi connectivity index (χ3n) is 1.52. The summed E-state index contributed by atoms with van der Waals surface area (Å²) >= 11 is 0. The van der Waals surface area contributed by atoms with Crippen LogP contribution < -0.4 is 5.43 Å². The summed E-state index contributed by atoms with van der Waals surface area (Å²) in [4.78, 5) is 16.4. The number of hydrogen-bond acceptors (Lipinski definition) is 4. The summed E-state index contributed by atoms with van der Waals surface area (Å²) in [6, 6.07) is 5.08. The summed E-state index contributed by atoms with van der Waals surface area (Å²) in [7, 11) is 0. The van der Waals surface area contributed by atoms with Crippen molar-refractivity contribution in [3.8, 4) is 0 Å². The van der Waals surface area contributed by atoms with Crippen molar-refractivity contribution >= 4 is 5.91 Å². The highest BCUT2D eigenvalue weighted by Gasteiger charge is 2.05. The average Bonchev–Trinajstić information content (AvgIpc) is 2.72. The number of carbonyl (C=O) groups excluding carboxylic acids is 1. The van der Waals surface area contributed by atoms with Crippen LogP contribution in [0.3, 0.4) is 0 Å². The Labute approximate surface area is 79.5 Å². The van der Waals surface area contributed by atoms with E-state index < -0.39 is 0 Å². The summed E-state index contributed by atoms with van der Waals surface area (Å²) in [5, 5.41) is 7.46. The van der Waals surface area contributed by atoms with Crippen LogP contribution in [-0.4, -0.2) is 26.0 Å². The molecule has 0 aliphatic heterocycles. The van der Waals surface area contributed by atoms with Crippen molar-refractivity contribution in [2.45, 2.75) is 0 Å². The predicted octanol–water partition coefficient (Wildman–Crippen LogP) is 0.0570. The van der Waals surface area contributed by atoms with Gasteiger partial charge in [0.05, 0.1) is 12.4 Å². The van der Waals surface area contributed by atoms with Gasteiger partial charge in [-0.2, -0.15) is 0 Å². The minimum Gasteiger partial charge on any atom is -0.265 e. The van der Waals surface area contributed by atoms with E-state index >= 15 is 0 Å². The molecule has 14 heavy (non-hydrogen) atoms. The van der Waals surface area contributed by atoms with E-state index in [1.807, 2.05) is 0 Å². The lowest BCUT2D eigenvalue weighted by atomic mass is 10.3. The van der Waals surface area contributed by atoms with Gasteiger partial charge in [0.1, 0.15) is 5.69 Å². The number of hydrogen-bond donors (Lipinski definition) is 1. The molecule has 2 aromatic heterocycles. The standard InChI is InChI=1S/C8H7N5O/c14-8(7-3-1-2-4-9-7)12-13-10-5-6-11-13/h1-6H,(H,12,14). The van der Waals surface area contributed by atoms with Crippen molar-refractivity contribution in [3.05, 3.63) is 42.5 Å². The average molecular weight is 189 g/mol. The fourth-order valence-corrected chi connectivity index (χ4v) is 0.919. The van der Waals surface area contributed by atoms with Gasteiger partial charge >= 0.3 is 0 Å². The molecule has 2 rings (SSSR count). The second kappa shape index (κ2) is 3.65. The Kier molecular flexibility index (Phi) is 2.18. The van der Waals surface area contributed by atoms with E-state index in [1.54, 1.807) is 24.4 Å². The van der Waals surface area contributed by atoms with Gasteiger partial charge in [-0.3, -0.25) is 9.78 Å². The van der Waals surface area contributed by atoms with Gasteiger partial charge in [-0.05, 0) is 12.1 Å². The number of nitrogens with one attached hydrogen (secondary N) is 1. The molecule has 0 aliphatic carbocycles. The molecule has 6 heteroatoms. The van der Waals surface area contributed by atoms with Crippen molar-refractivity contribution < 1.29 is 4.79 Å². The molecular formula is C8H7N5O. The van der Waals surface area contributed by atoms with Crippen molar-refractivity contribution in [2.75, 3.05) is 5.43 Å². The second-order valence-corrected chi connectivity index (χ2v) is 2.47. The third-order valence-corrected chi connectivity index (χ3v) is 1.52. The molecule has 1 amide bonds. The largest absolute Gasteiger partial charge is 0.291 e. The smallest absolute Gasteiger partial charge is 0.265 e. The lowest BCUT2D eigenvalue weighted by Crippen LogP contribution is -2.25. The Morgan fingerprint density at radius 2 is 2.00 bits per heavy atom. The van der Waals surface area contributed by atoms with Gasteiger partial charge in [0.2, 0.25) is 0 Å². The molecule has 0 saturated carbocycles. The first-order valence-electron chi connectivity index (χ1n) is 3.95. The molecule has 70 valence electrons. The molecule has 6 nitrogen and oxygen atoms in total. The SMILES string of the molecule is O=C(Nn1nccn1)c1ccccn1. The highest BCUT2D eigenvalue weighted by Crippen LogP contribution is 1.92. The number of nitrogens with zero attached hydrogens (tertiary/aromatic N) is 4. The van der Waals surface area contributed by atoms with Crippen molar-refractivity contribution in [3.63, 3.8) is 0 Å². The maximum atomic E-state index is 11.4. The van der Waals surface area contributed by atoms with Crippen LogP contribution in [0, 0.1) is 0 Å². The van der Waals surface area contributed by atoms with Crippen LogP contribution in [0.25, 0.3) is 0 Å². The van der Waals surface area contributed by atoms with E-state index in [4.69, 9.17) is 0 Å². The molecule has 0 saturated heterocycles. The summed E-state index contributed by atoms with van der Waals surface area (Å²) in [6.45, 7) is 0. The van der Waals surface area contributed by atoms with E-state index in [9.17, 15) is 4.79 Å². The molecular weight excluding hydrogens is 182 g/mol. The Bertz CT molecular complexity index is 411. The van der Waals surface area contributed by atoms with E-state index in [0.717, 1.165) is 4.91 Å². The van der Waals surface area contributed by atoms with Gasteiger partial charge < -0.3 is 0 Å². The molecule has 0 radical (unpaired) electrons. The molecule has 0 aliphatic rings. The zero-order chi connectivity index (χ0) is 9.80. The molecule has 0 bridgehead atoms. The van der Waals surface area contributed by atoms with Crippen LogP contribution in [0.1, 0.15) is 10.5 Å². The topological polar surface area (TPSA) is 72.7 Å². The second-order valence-electron chi connectivity index (χ2n) is 2.47. The molecule has 0 unspecified atom stereocenters. The highest BCUT2D eigenvalue weighted by atomic mass is 16.2. The predicted molar refractivity (Wildman–Crippen MR) is 48.0 cm³/mol. The van der Waals surface area contributed by atoms with Gasteiger partial charge in [0, 0.05) is 6.20 Å². The Morgan fingerprint density at radius 3 is 2.64 bits per heavy atom. The maximum absolute atomic E-state index is 11.4. The Hall–Kier alpha value is -2.24.